The molecular formula is C25H23FN2O2. The molecule has 0 fully saturated rings. The molecule has 152 valence electrons. The number of nitrogens with zero attached hydrogens (tertiary/aromatic N) is 2. The van der Waals surface area contributed by atoms with Gasteiger partial charge in [0.15, 0.2) is 0 Å². The smallest absolute Gasteiger partial charge is 0.258 e. The Bertz CT molecular complexity index is 1070. The van der Waals surface area contributed by atoms with Crippen LogP contribution in [0.2, 0.25) is 0 Å². The maximum atomic E-state index is 13.3. The van der Waals surface area contributed by atoms with E-state index < -0.39 is 0 Å². The minimum atomic E-state index is -0.376. The maximum Gasteiger partial charge on any atom is 0.258 e. The average Bonchev–Trinajstić information content (AvgIpc) is 2.74. The zero-order chi connectivity index (χ0) is 21.3. The number of carbonyl (C=O) groups is 2. The lowest BCUT2D eigenvalue weighted by Crippen LogP contribution is -2.47. The second-order valence-electron chi connectivity index (χ2n) is 7.57. The van der Waals surface area contributed by atoms with Gasteiger partial charge in [0.2, 0.25) is 5.91 Å². The van der Waals surface area contributed by atoms with Crippen molar-refractivity contribution in [1.29, 1.82) is 0 Å². The van der Waals surface area contributed by atoms with E-state index in [-0.39, 0.29) is 29.7 Å². The van der Waals surface area contributed by atoms with Gasteiger partial charge in [0.25, 0.3) is 5.91 Å². The molecule has 1 aliphatic heterocycles. The number of carbonyl (C=O) groups excluding carboxylic acids is 2. The van der Waals surface area contributed by atoms with Crippen molar-refractivity contribution in [3.05, 3.63) is 95.8 Å². The molecule has 0 radical (unpaired) electrons. The Kier molecular flexibility index (Phi) is 5.36. The Hall–Kier alpha value is -3.47. The Balaban J connectivity index is 1.77. The van der Waals surface area contributed by atoms with Crippen LogP contribution < -0.4 is 9.80 Å². The van der Waals surface area contributed by atoms with Gasteiger partial charge in [-0.25, -0.2) is 4.39 Å². The number of rotatable bonds is 3. The van der Waals surface area contributed by atoms with Gasteiger partial charge in [-0.1, -0.05) is 36.4 Å². The van der Waals surface area contributed by atoms with Gasteiger partial charge >= 0.3 is 0 Å². The van der Waals surface area contributed by atoms with E-state index >= 15 is 0 Å². The van der Waals surface area contributed by atoms with Crippen molar-refractivity contribution in [1.82, 2.24) is 0 Å². The van der Waals surface area contributed by atoms with Crippen LogP contribution in [-0.4, -0.2) is 17.9 Å². The minimum absolute atomic E-state index is 0.0495. The molecule has 0 saturated carbocycles. The highest BCUT2D eigenvalue weighted by Crippen LogP contribution is 2.42. The summed E-state index contributed by atoms with van der Waals surface area (Å²) in [7, 11) is 0. The summed E-state index contributed by atoms with van der Waals surface area (Å²) >= 11 is 0. The quantitative estimate of drug-likeness (QED) is 0.592. The first-order chi connectivity index (χ1) is 14.5. The molecule has 3 aromatic rings. The third-order valence-corrected chi connectivity index (χ3v) is 5.56. The number of hydrogen-bond donors (Lipinski definition) is 0. The monoisotopic (exact) mass is 402 g/mol. The molecule has 0 spiro atoms. The van der Waals surface area contributed by atoms with Crippen molar-refractivity contribution >= 4 is 23.2 Å². The highest BCUT2D eigenvalue weighted by molar-refractivity contribution is 6.07. The molecule has 3 aromatic carbocycles. The number of amides is 2. The Morgan fingerprint density at radius 3 is 2.23 bits per heavy atom. The van der Waals surface area contributed by atoms with Crippen LogP contribution in [0, 0.1) is 5.82 Å². The summed E-state index contributed by atoms with van der Waals surface area (Å²) in [6.45, 7) is 3.55. The van der Waals surface area contributed by atoms with Gasteiger partial charge < -0.3 is 9.80 Å². The molecule has 2 unspecified atom stereocenters. The molecule has 0 saturated heterocycles. The standard InChI is InChI=1S/C25H23FN2O2/c1-17-16-24(28(18(2)29)21-8-4-3-5-9-21)22-10-6-7-11-23(22)27(17)25(30)19-12-14-20(26)15-13-19/h3-15,17,24H,16H2,1-2H3. The van der Waals surface area contributed by atoms with Crippen LogP contribution in [0.25, 0.3) is 0 Å². The normalized spacial score (nSPS) is 17.9. The molecule has 0 aromatic heterocycles. The van der Waals surface area contributed by atoms with E-state index in [1.165, 1.54) is 24.3 Å². The molecule has 2 amide bonds. The first-order valence-corrected chi connectivity index (χ1v) is 10.00. The number of benzene rings is 3. The topological polar surface area (TPSA) is 40.6 Å². The summed E-state index contributed by atoms with van der Waals surface area (Å²) < 4.78 is 13.3. The highest BCUT2D eigenvalue weighted by atomic mass is 19.1. The van der Waals surface area contributed by atoms with Crippen LogP contribution in [-0.2, 0) is 4.79 Å². The van der Waals surface area contributed by atoms with E-state index in [1.807, 2.05) is 61.5 Å². The van der Waals surface area contributed by atoms with Gasteiger partial charge in [-0.05, 0) is 61.4 Å². The maximum absolute atomic E-state index is 13.3. The van der Waals surface area contributed by atoms with Gasteiger partial charge in [-0.15, -0.1) is 0 Å². The lowest BCUT2D eigenvalue weighted by atomic mass is 9.89. The summed E-state index contributed by atoms with van der Waals surface area (Å²) in [5.41, 5.74) is 2.96. The zero-order valence-electron chi connectivity index (χ0n) is 17.0. The van der Waals surface area contributed by atoms with Gasteiger partial charge in [0, 0.05) is 29.9 Å². The lowest BCUT2D eigenvalue weighted by Gasteiger charge is -2.43. The molecule has 2 atom stereocenters. The third kappa shape index (κ3) is 3.59. The summed E-state index contributed by atoms with van der Waals surface area (Å²) in [6.07, 6.45) is 0.596. The number of hydrogen-bond acceptors (Lipinski definition) is 2. The fraction of sp³-hybridized carbons (Fsp3) is 0.200. The predicted octanol–water partition coefficient (Wildman–Crippen LogP) is 5.36. The average molecular weight is 402 g/mol. The van der Waals surface area contributed by atoms with Gasteiger partial charge in [0.1, 0.15) is 5.82 Å². The molecule has 4 nitrogen and oxygen atoms in total. The second kappa shape index (κ2) is 8.11. The molecule has 0 bridgehead atoms. The van der Waals surface area contributed by atoms with Crippen LogP contribution >= 0.6 is 0 Å². The summed E-state index contributed by atoms with van der Waals surface area (Å²) in [5, 5.41) is 0. The van der Waals surface area contributed by atoms with Crippen molar-refractivity contribution in [2.24, 2.45) is 0 Å². The van der Waals surface area contributed by atoms with Crippen molar-refractivity contribution in [2.75, 3.05) is 9.80 Å². The predicted molar refractivity (Wildman–Crippen MR) is 116 cm³/mol. The fourth-order valence-electron chi connectivity index (χ4n) is 4.24. The molecule has 30 heavy (non-hydrogen) atoms. The molecule has 0 N–H and O–H groups in total. The highest BCUT2D eigenvalue weighted by Gasteiger charge is 2.38. The van der Waals surface area contributed by atoms with Crippen LogP contribution in [0.3, 0.4) is 0 Å². The van der Waals surface area contributed by atoms with E-state index in [9.17, 15) is 14.0 Å². The Morgan fingerprint density at radius 1 is 0.933 bits per heavy atom. The third-order valence-electron chi connectivity index (χ3n) is 5.56. The molecular weight excluding hydrogens is 379 g/mol. The van der Waals surface area contributed by atoms with E-state index in [4.69, 9.17) is 0 Å². The van der Waals surface area contributed by atoms with Crippen LogP contribution in [0.4, 0.5) is 15.8 Å². The van der Waals surface area contributed by atoms with E-state index in [1.54, 1.807) is 16.7 Å². The van der Waals surface area contributed by atoms with Crippen molar-refractivity contribution in [2.45, 2.75) is 32.4 Å². The Labute approximate surface area is 175 Å². The number of fused-ring (bicyclic) bond motifs is 1. The van der Waals surface area contributed by atoms with Gasteiger partial charge in [-0.3, -0.25) is 9.59 Å². The molecule has 0 aliphatic carbocycles. The van der Waals surface area contributed by atoms with Gasteiger partial charge in [-0.2, -0.15) is 0 Å². The summed E-state index contributed by atoms with van der Waals surface area (Å²) in [5.74, 6) is -0.604. The molecule has 4 rings (SSSR count). The van der Waals surface area contributed by atoms with Crippen LogP contribution in [0.15, 0.2) is 78.9 Å². The van der Waals surface area contributed by atoms with Gasteiger partial charge in [0.05, 0.1) is 6.04 Å². The minimum Gasteiger partial charge on any atom is -0.305 e. The van der Waals surface area contributed by atoms with E-state index in [0.29, 0.717) is 12.0 Å². The van der Waals surface area contributed by atoms with E-state index in [0.717, 1.165) is 16.9 Å². The van der Waals surface area contributed by atoms with Crippen molar-refractivity contribution < 1.29 is 14.0 Å². The van der Waals surface area contributed by atoms with Crippen LogP contribution in [0.1, 0.15) is 42.2 Å². The molecule has 1 heterocycles. The number of para-hydroxylation sites is 2. The SMILES string of the molecule is CC(=O)N(c1ccccc1)C1CC(C)N(C(=O)c2ccc(F)cc2)c2ccccc21. The molecule has 1 aliphatic rings. The first-order valence-electron chi connectivity index (χ1n) is 10.00. The second-order valence-corrected chi connectivity index (χ2v) is 7.57. The van der Waals surface area contributed by atoms with Crippen molar-refractivity contribution in [3.63, 3.8) is 0 Å². The van der Waals surface area contributed by atoms with Crippen molar-refractivity contribution in [3.8, 4) is 0 Å². The molecule has 5 heteroatoms. The van der Waals surface area contributed by atoms with E-state index in [2.05, 4.69) is 0 Å². The lowest BCUT2D eigenvalue weighted by molar-refractivity contribution is -0.117. The summed E-state index contributed by atoms with van der Waals surface area (Å²) in [6, 6.07) is 22.5. The number of halogens is 1. The first kappa shape index (κ1) is 19.8. The largest absolute Gasteiger partial charge is 0.305 e. The zero-order valence-corrected chi connectivity index (χ0v) is 17.0. The fourth-order valence-corrected chi connectivity index (χ4v) is 4.24. The Morgan fingerprint density at radius 2 is 1.57 bits per heavy atom. The number of anilines is 2. The van der Waals surface area contributed by atoms with Crippen LogP contribution in [0.5, 0.6) is 0 Å². The summed E-state index contributed by atoms with van der Waals surface area (Å²) in [4.78, 5) is 29.5.